The molecule has 156 valence electrons. The highest BCUT2D eigenvalue weighted by molar-refractivity contribution is 7.93. The minimum atomic E-state index is -3.79. The van der Waals surface area contributed by atoms with Crippen molar-refractivity contribution in [2.75, 3.05) is 35.0 Å². The summed E-state index contributed by atoms with van der Waals surface area (Å²) >= 11 is 0. The average Bonchev–Trinajstić information content (AvgIpc) is 3.47. The van der Waals surface area contributed by atoms with Crippen molar-refractivity contribution in [3.8, 4) is 12.3 Å². The Balaban J connectivity index is 1.43. The zero-order valence-electron chi connectivity index (χ0n) is 16.4. The van der Waals surface area contributed by atoms with E-state index < -0.39 is 27.3 Å². The summed E-state index contributed by atoms with van der Waals surface area (Å²) in [5.74, 6) is 1.35. The van der Waals surface area contributed by atoms with Crippen molar-refractivity contribution in [2.24, 2.45) is 10.2 Å². The van der Waals surface area contributed by atoms with E-state index in [1.165, 1.54) is 19.3 Å². The van der Waals surface area contributed by atoms with Gasteiger partial charge in [0.2, 0.25) is 15.9 Å². The quantitative estimate of drug-likeness (QED) is 0.571. The number of amides is 1. The minimum Gasteiger partial charge on any atom is -0.372 e. The lowest BCUT2D eigenvalue weighted by Gasteiger charge is -2.28. The monoisotopic (exact) mass is 417 g/mol. The van der Waals surface area contributed by atoms with E-state index in [0.717, 1.165) is 18.8 Å². The molecule has 2 aliphatic heterocycles. The number of benzene rings is 1. The summed E-state index contributed by atoms with van der Waals surface area (Å²) in [5.41, 5.74) is 1.04. The van der Waals surface area contributed by atoms with Crippen LogP contribution in [-0.2, 0) is 14.8 Å². The van der Waals surface area contributed by atoms with Gasteiger partial charge in [-0.1, -0.05) is 0 Å². The highest BCUT2D eigenvalue weighted by Crippen LogP contribution is 2.36. The largest absolute Gasteiger partial charge is 0.372 e. The molecule has 1 aromatic carbocycles. The second kappa shape index (κ2) is 9.27. The third-order valence-electron chi connectivity index (χ3n) is 5.08. The Hall–Kier alpha value is -2.60. The molecule has 0 unspecified atom stereocenters. The van der Waals surface area contributed by atoms with E-state index in [-0.39, 0.29) is 0 Å². The van der Waals surface area contributed by atoms with Gasteiger partial charge >= 0.3 is 0 Å². The molecule has 8 nitrogen and oxygen atoms in total. The van der Waals surface area contributed by atoms with Crippen LogP contribution in [0.25, 0.3) is 0 Å². The van der Waals surface area contributed by atoms with E-state index >= 15 is 0 Å². The Morgan fingerprint density at radius 1 is 1.14 bits per heavy atom. The molecule has 0 radical (unpaired) electrons. The standard InChI is InChI=1S/C20H27N5O3S/c1-2-3-11-20(23-24-20)12-13-21-19(26)16-29(27,28)22-17-7-9-18(10-8-17)25-14-5-4-6-15-25/h1,7-10,22H,3-6,11-16H2,(H,21,26). The maximum Gasteiger partial charge on any atom is 0.241 e. The van der Waals surface area contributed by atoms with E-state index in [1.54, 1.807) is 12.1 Å². The molecule has 1 amide bonds. The summed E-state index contributed by atoms with van der Waals surface area (Å²) in [6, 6.07) is 7.26. The Morgan fingerprint density at radius 2 is 1.83 bits per heavy atom. The maximum atomic E-state index is 12.3. The number of hydrogen-bond acceptors (Lipinski definition) is 6. The summed E-state index contributed by atoms with van der Waals surface area (Å²) < 4.78 is 27.0. The molecule has 0 saturated carbocycles. The molecule has 29 heavy (non-hydrogen) atoms. The zero-order valence-corrected chi connectivity index (χ0v) is 17.2. The molecule has 1 saturated heterocycles. The smallest absolute Gasteiger partial charge is 0.241 e. The molecular weight excluding hydrogens is 390 g/mol. The molecule has 3 rings (SSSR count). The predicted molar refractivity (Wildman–Crippen MR) is 113 cm³/mol. The number of nitrogens with one attached hydrogen (secondary N) is 2. The van der Waals surface area contributed by atoms with Crippen LogP contribution < -0.4 is 14.9 Å². The van der Waals surface area contributed by atoms with Crippen LogP contribution >= 0.6 is 0 Å². The summed E-state index contributed by atoms with van der Waals surface area (Å²) in [7, 11) is -3.79. The Bertz CT molecular complexity index is 878. The molecule has 2 N–H and O–H groups in total. The van der Waals surface area contributed by atoms with Crippen LogP contribution in [0.1, 0.15) is 38.5 Å². The van der Waals surface area contributed by atoms with Crippen molar-refractivity contribution in [3.05, 3.63) is 24.3 Å². The van der Waals surface area contributed by atoms with Crippen molar-refractivity contribution in [1.29, 1.82) is 0 Å². The van der Waals surface area contributed by atoms with Gasteiger partial charge in [0.15, 0.2) is 5.66 Å². The predicted octanol–water partition coefficient (Wildman–Crippen LogP) is 2.50. The molecule has 0 aromatic heterocycles. The summed E-state index contributed by atoms with van der Waals surface area (Å²) in [6.45, 7) is 2.35. The van der Waals surface area contributed by atoms with Gasteiger partial charge in [-0.25, -0.2) is 8.42 Å². The number of carbonyl (C=O) groups excluding carboxylic acids is 1. The first kappa shape index (κ1) is 21.1. The first-order valence-electron chi connectivity index (χ1n) is 9.91. The number of piperidine rings is 1. The van der Waals surface area contributed by atoms with Crippen LogP contribution in [0.4, 0.5) is 11.4 Å². The number of rotatable bonds is 10. The SMILES string of the molecule is C#CCCC1(CCNC(=O)CS(=O)(=O)Nc2ccc(N3CCCCC3)cc2)N=N1. The molecule has 2 heterocycles. The highest BCUT2D eigenvalue weighted by Gasteiger charge is 2.38. The van der Waals surface area contributed by atoms with Crippen molar-refractivity contribution in [3.63, 3.8) is 0 Å². The van der Waals surface area contributed by atoms with Gasteiger partial charge in [-0.15, -0.1) is 12.3 Å². The van der Waals surface area contributed by atoms with Gasteiger partial charge in [0.05, 0.1) is 0 Å². The first-order valence-corrected chi connectivity index (χ1v) is 11.6. The lowest BCUT2D eigenvalue weighted by atomic mass is 10.0. The normalized spacial score (nSPS) is 17.4. The Morgan fingerprint density at radius 3 is 2.45 bits per heavy atom. The lowest BCUT2D eigenvalue weighted by Crippen LogP contribution is -2.35. The van der Waals surface area contributed by atoms with Gasteiger partial charge in [-0.2, -0.15) is 10.2 Å². The molecular formula is C20H27N5O3S. The lowest BCUT2D eigenvalue weighted by molar-refractivity contribution is -0.118. The van der Waals surface area contributed by atoms with E-state index in [9.17, 15) is 13.2 Å². The fraction of sp³-hybridized carbons (Fsp3) is 0.550. The van der Waals surface area contributed by atoms with E-state index in [4.69, 9.17) is 6.42 Å². The van der Waals surface area contributed by atoms with Crippen LogP contribution in [0.2, 0.25) is 0 Å². The first-order chi connectivity index (χ1) is 13.9. The topological polar surface area (TPSA) is 103 Å². The van der Waals surface area contributed by atoms with Gasteiger partial charge in [-0.05, 0) is 43.5 Å². The second-order valence-corrected chi connectivity index (χ2v) is 9.16. The minimum absolute atomic E-state index is 0.302. The third kappa shape index (κ3) is 6.46. The van der Waals surface area contributed by atoms with E-state index in [2.05, 4.69) is 31.1 Å². The summed E-state index contributed by atoms with van der Waals surface area (Å²) in [5, 5.41) is 10.6. The van der Waals surface area contributed by atoms with Gasteiger partial charge in [0, 0.05) is 50.3 Å². The number of carbonyl (C=O) groups is 1. The summed E-state index contributed by atoms with van der Waals surface area (Å²) in [4.78, 5) is 14.3. The molecule has 0 bridgehead atoms. The Labute approximate surface area is 172 Å². The van der Waals surface area contributed by atoms with E-state index in [0.29, 0.717) is 31.5 Å². The molecule has 0 spiro atoms. The van der Waals surface area contributed by atoms with Crippen molar-refractivity contribution in [2.45, 2.75) is 44.2 Å². The molecule has 9 heteroatoms. The van der Waals surface area contributed by atoms with Crippen LogP contribution in [0.15, 0.2) is 34.5 Å². The molecule has 2 aliphatic rings. The number of sulfonamides is 1. The average molecular weight is 418 g/mol. The van der Waals surface area contributed by atoms with Crippen molar-refractivity contribution < 1.29 is 13.2 Å². The van der Waals surface area contributed by atoms with Crippen molar-refractivity contribution in [1.82, 2.24) is 5.32 Å². The fourth-order valence-corrected chi connectivity index (χ4v) is 4.42. The van der Waals surface area contributed by atoms with Crippen LogP contribution in [0, 0.1) is 12.3 Å². The van der Waals surface area contributed by atoms with E-state index in [1.807, 2.05) is 12.1 Å². The van der Waals surface area contributed by atoms with Crippen LogP contribution in [0.5, 0.6) is 0 Å². The number of hydrogen-bond donors (Lipinski definition) is 2. The zero-order chi connectivity index (χ0) is 20.7. The Kier molecular flexibility index (Phi) is 6.75. The second-order valence-electron chi connectivity index (χ2n) is 7.44. The maximum absolute atomic E-state index is 12.3. The van der Waals surface area contributed by atoms with Crippen molar-refractivity contribution >= 4 is 27.3 Å². The van der Waals surface area contributed by atoms with Crippen LogP contribution in [-0.4, -0.2) is 45.4 Å². The molecule has 0 aliphatic carbocycles. The third-order valence-corrected chi connectivity index (χ3v) is 6.27. The van der Waals surface area contributed by atoms with Gasteiger partial charge < -0.3 is 10.2 Å². The highest BCUT2D eigenvalue weighted by atomic mass is 32.2. The molecule has 0 atom stereocenters. The number of anilines is 2. The van der Waals surface area contributed by atoms with Gasteiger partial charge in [0.1, 0.15) is 5.75 Å². The summed E-state index contributed by atoms with van der Waals surface area (Å²) in [6.07, 6.45) is 10.6. The van der Waals surface area contributed by atoms with Gasteiger partial charge in [-0.3, -0.25) is 9.52 Å². The van der Waals surface area contributed by atoms with Gasteiger partial charge in [0.25, 0.3) is 0 Å². The molecule has 1 aromatic rings. The number of nitrogens with zero attached hydrogens (tertiary/aromatic N) is 3. The number of terminal acetylenes is 1. The fourth-order valence-electron chi connectivity index (χ4n) is 3.40. The molecule has 1 fully saturated rings. The van der Waals surface area contributed by atoms with Crippen LogP contribution in [0.3, 0.4) is 0 Å².